The fourth-order valence-electron chi connectivity index (χ4n) is 2.74. The summed E-state index contributed by atoms with van der Waals surface area (Å²) in [5.41, 5.74) is 7.01. The Morgan fingerprint density at radius 1 is 1.40 bits per heavy atom. The highest BCUT2D eigenvalue weighted by atomic mass is 16.3. The van der Waals surface area contributed by atoms with E-state index in [1.165, 1.54) is 0 Å². The largest absolute Gasteiger partial charge is 0.508 e. The van der Waals surface area contributed by atoms with E-state index in [1.54, 1.807) is 12.1 Å². The number of carbonyl (C=O) groups is 1. The van der Waals surface area contributed by atoms with E-state index in [1.807, 2.05) is 17.0 Å². The number of phenolic OH excluding ortho intramolecular Hbond substituents is 1. The zero-order valence-corrected chi connectivity index (χ0v) is 12.2. The van der Waals surface area contributed by atoms with Crippen LogP contribution in [0.25, 0.3) is 0 Å². The molecule has 0 saturated carbocycles. The van der Waals surface area contributed by atoms with Crippen LogP contribution in [0.5, 0.6) is 5.75 Å². The molecular weight excluding hydrogens is 252 g/mol. The SMILES string of the molecule is CC(C)C1CCN(C(=O)C(N)Cc2ccc(O)cc2)C1. The zero-order valence-electron chi connectivity index (χ0n) is 12.2. The lowest BCUT2D eigenvalue weighted by Crippen LogP contribution is -2.44. The van der Waals surface area contributed by atoms with Crippen molar-refractivity contribution in [2.24, 2.45) is 17.6 Å². The minimum absolute atomic E-state index is 0.0428. The van der Waals surface area contributed by atoms with Gasteiger partial charge < -0.3 is 15.7 Å². The van der Waals surface area contributed by atoms with Gasteiger partial charge in [-0.3, -0.25) is 4.79 Å². The van der Waals surface area contributed by atoms with Crippen LogP contribution in [0.2, 0.25) is 0 Å². The van der Waals surface area contributed by atoms with Crippen molar-refractivity contribution < 1.29 is 9.90 Å². The number of benzene rings is 1. The van der Waals surface area contributed by atoms with Gasteiger partial charge >= 0.3 is 0 Å². The molecule has 2 rings (SSSR count). The smallest absolute Gasteiger partial charge is 0.239 e. The van der Waals surface area contributed by atoms with Gasteiger partial charge in [0, 0.05) is 13.1 Å². The van der Waals surface area contributed by atoms with E-state index in [2.05, 4.69) is 13.8 Å². The van der Waals surface area contributed by atoms with E-state index in [9.17, 15) is 9.90 Å². The number of nitrogens with zero attached hydrogens (tertiary/aromatic N) is 1. The Morgan fingerprint density at radius 3 is 2.60 bits per heavy atom. The Labute approximate surface area is 120 Å². The molecule has 1 aromatic carbocycles. The number of carbonyl (C=O) groups excluding carboxylic acids is 1. The topological polar surface area (TPSA) is 66.6 Å². The van der Waals surface area contributed by atoms with E-state index in [0.717, 1.165) is 25.1 Å². The number of likely N-dealkylation sites (tertiary alicyclic amines) is 1. The molecule has 0 aliphatic carbocycles. The molecular formula is C16H24N2O2. The molecule has 1 fully saturated rings. The minimum Gasteiger partial charge on any atom is -0.508 e. The van der Waals surface area contributed by atoms with Crippen LogP contribution in [-0.4, -0.2) is 35.0 Å². The van der Waals surface area contributed by atoms with Crippen LogP contribution in [0.15, 0.2) is 24.3 Å². The maximum absolute atomic E-state index is 12.3. The van der Waals surface area contributed by atoms with Gasteiger partial charge in [0.2, 0.25) is 5.91 Å². The van der Waals surface area contributed by atoms with Crippen molar-refractivity contribution in [3.63, 3.8) is 0 Å². The normalized spacial score (nSPS) is 20.4. The molecule has 1 saturated heterocycles. The molecule has 0 bridgehead atoms. The lowest BCUT2D eigenvalue weighted by atomic mass is 9.95. The lowest BCUT2D eigenvalue weighted by Gasteiger charge is -2.22. The minimum atomic E-state index is -0.495. The zero-order chi connectivity index (χ0) is 14.7. The molecule has 2 unspecified atom stereocenters. The molecule has 110 valence electrons. The summed E-state index contributed by atoms with van der Waals surface area (Å²) in [4.78, 5) is 14.2. The molecule has 4 nitrogen and oxygen atoms in total. The average Bonchev–Trinajstić information content (AvgIpc) is 2.90. The number of hydrogen-bond acceptors (Lipinski definition) is 3. The lowest BCUT2D eigenvalue weighted by molar-refractivity contribution is -0.131. The van der Waals surface area contributed by atoms with Gasteiger partial charge in [-0.1, -0.05) is 26.0 Å². The summed E-state index contributed by atoms with van der Waals surface area (Å²) < 4.78 is 0. The highest BCUT2D eigenvalue weighted by molar-refractivity contribution is 5.82. The summed E-state index contributed by atoms with van der Waals surface area (Å²) in [6.45, 7) is 6.06. The summed E-state index contributed by atoms with van der Waals surface area (Å²) >= 11 is 0. The van der Waals surface area contributed by atoms with E-state index in [-0.39, 0.29) is 11.7 Å². The third-order valence-electron chi connectivity index (χ3n) is 4.19. The summed E-state index contributed by atoms with van der Waals surface area (Å²) in [6, 6.07) is 6.37. The Kier molecular flexibility index (Phi) is 4.65. The molecule has 20 heavy (non-hydrogen) atoms. The Hall–Kier alpha value is -1.55. The molecule has 1 amide bonds. The first-order valence-electron chi connectivity index (χ1n) is 7.29. The van der Waals surface area contributed by atoms with Crippen LogP contribution in [0.1, 0.15) is 25.8 Å². The molecule has 3 N–H and O–H groups in total. The molecule has 1 aromatic rings. The predicted molar refractivity (Wildman–Crippen MR) is 79.3 cm³/mol. The second-order valence-electron chi connectivity index (χ2n) is 6.05. The van der Waals surface area contributed by atoms with Crippen LogP contribution >= 0.6 is 0 Å². The second kappa shape index (κ2) is 6.27. The van der Waals surface area contributed by atoms with Crippen LogP contribution in [0.3, 0.4) is 0 Å². The first kappa shape index (κ1) is 14.9. The second-order valence-corrected chi connectivity index (χ2v) is 6.05. The third kappa shape index (κ3) is 3.51. The quantitative estimate of drug-likeness (QED) is 0.880. The van der Waals surface area contributed by atoms with Crippen LogP contribution in [0, 0.1) is 11.8 Å². The van der Waals surface area contributed by atoms with Gasteiger partial charge in [-0.15, -0.1) is 0 Å². The molecule has 2 atom stereocenters. The number of phenols is 1. The number of nitrogens with two attached hydrogens (primary N) is 1. The van der Waals surface area contributed by atoms with Crippen LogP contribution in [0.4, 0.5) is 0 Å². The van der Waals surface area contributed by atoms with E-state index < -0.39 is 6.04 Å². The van der Waals surface area contributed by atoms with E-state index >= 15 is 0 Å². The van der Waals surface area contributed by atoms with Crippen molar-refractivity contribution in [2.75, 3.05) is 13.1 Å². The fourth-order valence-corrected chi connectivity index (χ4v) is 2.74. The van der Waals surface area contributed by atoms with Gasteiger partial charge in [0.1, 0.15) is 5.75 Å². The monoisotopic (exact) mass is 276 g/mol. The molecule has 4 heteroatoms. The molecule has 0 spiro atoms. The van der Waals surface area contributed by atoms with Crippen molar-refractivity contribution in [1.82, 2.24) is 4.90 Å². The summed E-state index contributed by atoms with van der Waals surface area (Å²) in [5.74, 6) is 1.48. The van der Waals surface area contributed by atoms with E-state index in [4.69, 9.17) is 5.73 Å². The standard InChI is InChI=1S/C16H24N2O2/c1-11(2)13-7-8-18(10-13)16(20)15(17)9-12-3-5-14(19)6-4-12/h3-6,11,13,15,19H,7-10,17H2,1-2H3. The average molecular weight is 276 g/mol. The van der Waals surface area contributed by atoms with Gasteiger partial charge in [-0.05, 0) is 42.4 Å². The molecule has 0 aromatic heterocycles. The highest BCUT2D eigenvalue weighted by Crippen LogP contribution is 2.24. The van der Waals surface area contributed by atoms with Gasteiger partial charge in [0.25, 0.3) is 0 Å². The van der Waals surface area contributed by atoms with E-state index in [0.29, 0.717) is 18.3 Å². The number of aromatic hydroxyl groups is 1. The van der Waals surface area contributed by atoms with Gasteiger partial charge in [-0.25, -0.2) is 0 Å². The first-order chi connectivity index (χ1) is 9.47. The van der Waals surface area contributed by atoms with Crippen molar-refractivity contribution in [3.8, 4) is 5.75 Å². The number of amides is 1. The fraction of sp³-hybridized carbons (Fsp3) is 0.562. The van der Waals surface area contributed by atoms with Gasteiger partial charge in [0.15, 0.2) is 0 Å². The van der Waals surface area contributed by atoms with Crippen molar-refractivity contribution in [1.29, 1.82) is 0 Å². The van der Waals surface area contributed by atoms with Crippen molar-refractivity contribution in [3.05, 3.63) is 29.8 Å². The maximum atomic E-state index is 12.3. The third-order valence-corrected chi connectivity index (χ3v) is 4.19. The molecule has 1 aliphatic rings. The molecule has 0 radical (unpaired) electrons. The predicted octanol–water partition coefficient (Wildman–Crippen LogP) is 1.77. The maximum Gasteiger partial charge on any atom is 0.239 e. The van der Waals surface area contributed by atoms with Crippen molar-refractivity contribution >= 4 is 5.91 Å². The summed E-state index contributed by atoms with van der Waals surface area (Å²) in [6.07, 6.45) is 1.59. The van der Waals surface area contributed by atoms with Gasteiger partial charge in [-0.2, -0.15) is 0 Å². The number of hydrogen-bond donors (Lipinski definition) is 2. The molecule has 1 heterocycles. The molecule has 1 aliphatic heterocycles. The summed E-state index contributed by atoms with van der Waals surface area (Å²) in [5, 5.41) is 9.25. The van der Waals surface area contributed by atoms with Gasteiger partial charge in [0.05, 0.1) is 6.04 Å². The van der Waals surface area contributed by atoms with Crippen molar-refractivity contribution in [2.45, 2.75) is 32.7 Å². The Balaban J connectivity index is 1.91. The van der Waals surface area contributed by atoms with Crippen LogP contribution < -0.4 is 5.73 Å². The highest BCUT2D eigenvalue weighted by Gasteiger charge is 2.30. The summed E-state index contributed by atoms with van der Waals surface area (Å²) in [7, 11) is 0. The first-order valence-corrected chi connectivity index (χ1v) is 7.29. The Bertz CT molecular complexity index is 456. The number of rotatable bonds is 4. The Morgan fingerprint density at radius 2 is 2.05 bits per heavy atom. The van der Waals surface area contributed by atoms with Crippen LogP contribution in [-0.2, 0) is 11.2 Å².